The van der Waals surface area contributed by atoms with E-state index in [9.17, 15) is 9.90 Å². The molecule has 1 aliphatic heterocycles. The lowest BCUT2D eigenvalue weighted by Crippen LogP contribution is -1.92. The fourth-order valence-electron chi connectivity index (χ4n) is 2.72. The molecule has 112 valence electrons. The van der Waals surface area contributed by atoms with E-state index in [1.165, 1.54) is 0 Å². The van der Waals surface area contributed by atoms with E-state index in [0.717, 1.165) is 39.3 Å². The van der Waals surface area contributed by atoms with Crippen molar-refractivity contribution in [2.75, 3.05) is 0 Å². The molecule has 2 heterocycles. The molecule has 23 heavy (non-hydrogen) atoms. The molecular weight excluding hydrogens is 308 g/mol. The number of para-hydroxylation sites is 1. The summed E-state index contributed by atoms with van der Waals surface area (Å²) in [7, 11) is 0. The number of benzene rings is 2. The fraction of sp³-hybridized carbons (Fsp3) is 0. The highest BCUT2D eigenvalue weighted by Gasteiger charge is 2.22. The van der Waals surface area contributed by atoms with E-state index in [-0.39, 0.29) is 10.8 Å². The Bertz CT molecular complexity index is 997. The number of aliphatic imine (C=N–C) groups is 1. The number of H-pyrrole nitrogens is 1. The number of aromatic hydroxyl groups is 1. The van der Waals surface area contributed by atoms with Gasteiger partial charge in [0.15, 0.2) is 0 Å². The maximum Gasteiger partial charge on any atom is 0.307 e. The average molecular weight is 320 g/mol. The molecule has 0 amide bonds. The Morgan fingerprint density at radius 2 is 1.78 bits per heavy atom. The summed E-state index contributed by atoms with van der Waals surface area (Å²) in [4.78, 5) is 18.8. The van der Waals surface area contributed by atoms with E-state index in [1.807, 2.05) is 54.6 Å². The molecule has 0 spiro atoms. The van der Waals surface area contributed by atoms with Crippen LogP contribution >= 0.6 is 11.3 Å². The highest BCUT2D eigenvalue weighted by molar-refractivity contribution is 7.11. The van der Waals surface area contributed by atoms with Crippen molar-refractivity contribution < 1.29 is 5.11 Å². The van der Waals surface area contributed by atoms with Gasteiger partial charge in [-0.3, -0.25) is 14.8 Å². The molecule has 4 nitrogen and oxygen atoms in total. The molecule has 2 N–H and O–H groups in total. The van der Waals surface area contributed by atoms with Gasteiger partial charge in [-0.15, -0.1) is 0 Å². The van der Waals surface area contributed by atoms with E-state index in [1.54, 1.807) is 6.21 Å². The van der Waals surface area contributed by atoms with Crippen LogP contribution in [0.15, 0.2) is 64.4 Å². The molecule has 0 fully saturated rings. The predicted octanol–water partition coefficient (Wildman–Crippen LogP) is 3.82. The van der Waals surface area contributed by atoms with Crippen molar-refractivity contribution in [2.45, 2.75) is 0 Å². The van der Waals surface area contributed by atoms with Gasteiger partial charge < -0.3 is 5.11 Å². The number of aromatic amines is 1. The molecule has 0 aliphatic carbocycles. The summed E-state index contributed by atoms with van der Waals surface area (Å²) >= 11 is 0.998. The molecule has 1 aromatic heterocycles. The Hall–Kier alpha value is -2.92. The van der Waals surface area contributed by atoms with Crippen LogP contribution in [0.2, 0.25) is 0 Å². The lowest BCUT2D eigenvalue weighted by molar-refractivity contribution is 0.455. The summed E-state index contributed by atoms with van der Waals surface area (Å²) in [5, 5.41) is 10.1. The smallest absolute Gasteiger partial charge is 0.307 e. The molecule has 2 aromatic carbocycles. The quantitative estimate of drug-likeness (QED) is 0.754. The van der Waals surface area contributed by atoms with Gasteiger partial charge in [0.05, 0.1) is 5.69 Å². The van der Waals surface area contributed by atoms with Crippen molar-refractivity contribution in [3.63, 3.8) is 0 Å². The minimum absolute atomic E-state index is 0.107. The maximum atomic E-state index is 11.7. The summed E-state index contributed by atoms with van der Waals surface area (Å²) in [6, 6.07) is 17.5. The predicted molar refractivity (Wildman–Crippen MR) is 93.6 cm³/mol. The van der Waals surface area contributed by atoms with Gasteiger partial charge in [-0.25, -0.2) is 0 Å². The van der Waals surface area contributed by atoms with Crippen molar-refractivity contribution in [3.8, 4) is 5.88 Å². The molecule has 0 atom stereocenters. The first kappa shape index (κ1) is 13.7. The lowest BCUT2D eigenvalue weighted by atomic mass is 9.95. The van der Waals surface area contributed by atoms with Crippen LogP contribution in [-0.2, 0) is 0 Å². The SMILES string of the molecule is O=c1[nH]c(O)c(C(=C2C=Nc3ccccc32)c2ccccc2)s1. The molecule has 0 saturated heterocycles. The zero-order chi connectivity index (χ0) is 15.8. The number of nitrogens with one attached hydrogen (secondary N) is 1. The third kappa shape index (κ3) is 2.31. The van der Waals surface area contributed by atoms with Gasteiger partial charge in [0.2, 0.25) is 5.88 Å². The van der Waals surface area contributed by atoms with Crippen LogP contribution in [0.3, 0.4) is 0 Å². The van der Waals surface area contributed by atoms with Crippen molar-refractivity contribution in [2.24, 2.45) is 4.99 Å². The third-order valence-electron chi connectivity index (χ3n) is 3.72. The molecule has 1 aliphatic rings. The van der Waals surface area contributed by atoms with Gasteiger partial charge in [-0.05, 0) is 11.6 Å². The molecule has 3 aromatic rings. The highest BCUT2D eigenvalue weighted by Crippen LogP contribution is 2.41. The number of hydrogen-bond acceptors (Lipinski definition) is 4. The lowest BCUT2D eigenvalue weighted by Gasteiger charge is -2.10. The minimum Gasteiger partial charge on any atom is -0.493 e. The molecule has 0 unspecified atom stereocenters. The summed E-state index contributed by atoms with van der Waals surface area (Å²) in [6.07, 6.45) is 1.79. The number of fused-ring (bicyclic) bond motifs is 1. The third-order valence-corrected chi connectivity index (χ3v) is 4.61. The summed E-state index contributed by atoms with van der Waals surface area (Å²) < 4.78 is 0. The number of hydrogen-bond donors (Lipinski definition) is 2. The van der Waals surface area contributed by atoms with Crippen molar-refractivity contribution in [3.05, 3.63) is 80.3 Å². The monoisotopic (exact) mass is 320 g/mol. The Morgan fingerprint density at radius 3 is 2.52 bits per heavy atom. The van der Waals surface area contributed by atoms with Crippen LogP contribution in [0.1, 0.15) is 16.0 Å². The first-order valence-electron chi connectivity index (χ1n) is 7.09. The topological polar surface area (TPSA) is 65.5 Å². The first-order valence-corrected chi connectivity index (χ1v) is 7.91. The minimum atomic E-state index is -0.283. The Balaban J connectivity index is 2.06. The van der Waals surface area contributed by atoms with Crippen LogP contribution in [-0.4, -0.2) is 16.3 Å². The molecule has 0 radical (unpaired) electrons. The van der Waals surface area contributed by atoms with Crippen LogP contribution in [0.4, 0.5) is 5.69 Å². The molecular formula is C18H12N2O2S. The summed E-state index contributed by atoms with van der Waals surface area (Å²) in [5.74, 6) is -0.107. The normalized spacial score (nSPS) is 14.8. The van der Waals surface area contributed by atoms with E-state index in [2.05, 4.69) is 9.98 Å². The van der Waals surface area contributed by atoms with Crippen molar-refractivity contribution in [1.82, 2.24) is 4.98 Å². The largest absolute Gasteiger partial charge is 0.493 e. The van der Waals surface area contributed by atoms with E-state index >= 15 is 0 Å². The second-order valence-corrected chi connectivity index (χ2v) is 6.11. The number of rotatable bonds is 2. The van der Waals surface area contributed by atoms with Crippen LogP contribution in [0, 0.1) is 0 Å². The molecule has 0 bridgehead atoms. The van der Waals surface area contributed by atoms with Gasteiger partial charge >= 0.3 is 4.87 Å². The van der Waals surface area contributed by atoms with E-state index in [4.69, 9.17) is 0 Å². The van der Waals surface area contributed by atoms with Crippen LogP contribution < -0.4 is 4.87 Å². The van der Waals surface area contributed by atoms with Gasteiger partial charge in [0, 0.05) is 22.9 Å². The second-order valence-electron chi connectivity index (χ2n) is 5.12. The zero-order valence-electron chi connectivity index (χ0n) is 12.0. The Morgan fingerprint density at radius 1 is 1.04 bits per heavy atom. The Labute approximate surface area is 136 Å². The Kier molecular flexibility index (Phi) is 3.20. The van der Waals surface area contributed by atoms with Gasteiger partial charge in [0.25, 0.3) is 0 Å². The van der Waals surface area contributed by atoms with Crippen molar-refractivity contribution in [1.29, 1.82) is 0 Å². The molecule has 0 saturated carbocycles. The van der Waals surface area contributed by atoms with Crippen molar-refractivity contribution >= 4 is 34.4 Å². The summed E-state index contributed by atoms with van der Waals surface area (Å²) in [5.41, 5.74) is 4.51. The second kappa shape index (κ2) is 5.37. The number of aromatic nitrogens is 1. The zero-order valence-corrected chi connectivity index (χ0v) is 12.8. The van der Waals surface area contributed by atoms with Crippen LogP contribution in [0.25, 0.3) is 11.1 Å². The first-order chi connectivity index (χ1) is 11.2. The number of nitrogens with zero attached hydrogens (tertiary/aromatic N) is 1. The van der Waals surface area contributed by atoms with Gasteiger partial charge in [-0.1, -0.05) is 59.9 Å². The highest BCUT2D eigenvalue weighted by atomic mass is 32.1. The standard InChI is InChI=1S/C18H12N2O2S/c21-17-16(23-18(22)20-17)15(11-6-2-1-3-7-11)13-10-19-14-9-5-4-8-12(13)14/h1-10,21H,(H,20,22). The number of allylic oxidation sites excluding steroid dienone is 1. The maximum absolute atomic E-state index is 11.7. The molecule has 5 heteroatoms. The van der Waals surface area contributed by atoms with E-state index < -0.39 is 0 Å². The van der Waals surface area contributed by atoms with Gasteiger partial charge in [-0.2, -0.15) is 0 Å². The van der Waals surface area contributed by atoms with E-state index in [0.29, 0.717) is 4.88 Å². The molecule has 4 rings (SSSR count). The van der Waals surface area contributed by atoms with Crippen LogP contribution in [0.5, 0.6) is 5.88 Å². The summed E-state index contributed by atoms with van der Waals surface area (Å²) in [6.45, 7) is 0. The number of thiazole rings is 1. The van der Waals surface area contributed by atoms with Gasteiger partial charge in [0.1, 0.15) is 4.88 Å². The average Bonchev–Trinajstić information content (AvgIpc) is 3.13. The fourth-order valence-corrected chi connectivity index (χ4v) is 3.53.